The number of pyridine rings is 2. The number of amides is 1. The molecule has 0 aliphatic heterocycles. The van der Waals surface area contributed by atoms with E-state index < -0.39 is 0 Å². The van der Waals surface area contributed by atoms with Crippen LogP contribution in [-0.2, 0) is 4.74 Å². The number of nitrogens with zero attached hydrogens (tertiary/aromatic N) is 4. The molecule has 0 bridgehead atoms. The van der Waals surface area contributed by atoms with Crippen LogP contribution in [0.4, 0.5) is 5.13 Å². The average Bonchev–Trinajstić information content (AvgIpc) is 3.42. The van der Waals surface area contributed by atoms with Crippen LogP contribution in [0.15, 0.2) is 24.5 Å². The molecule has 32 heavy (non-hydrogen) atoms. The summed E-state index contributed by atoms with van der Waals surface area (Å²) in [5, 5.41) is 11.9. The number of anilines is 1. The van der Waals surface area contributed by atoms with Crippen LogP contribution >= 0.6 is 22.9 Å². The maximum Gasteiger partial charge on any atom is 0.296 e. The van der Waals surface area contributed by atoms with Gasteiger partial charge in [-0.25, -0.2) is 4.98 Å². The fraction of sp³-hybridized carbons (Fsp3) is 0.381. The van der Waals surface area contributed by atoms with E-state index in [0.29, 0.717) is 32.8 Å². The Hall–Kier alpha value is -2.82. The first-order chi connectivity index (χ1) is 15.5. The first-order valence-electron chi connectivity index (χ1n) is 9.99. The van der Waals surface area contributed by atoms with Crippen LogP contribution in [0.25, 0.3) is 11.1 Å². The van der Waals surface area contributed by atoms with E-state index in [2.05, 4.69) is 25.5 Å². The fourth-order valence-electron chi connectivity index (χ4n) is 3.65. The molecule has 0 spiro atoms. The second-order valence-electron chi connectivity index (χ2n) is 7.27. The minimum absolute atomic E-state index is 0.0419. The Labute approximate surface area is 194 Å². The fourth-order valence-corrected chi connectivity index (χ4v) is 4.45. The highest BCUT2D eigenvalue weighted by Crippen LogP contribution is 2.35. The molecule has 0 saturated heterocycles. The van der Waals surface area contributed by atoms with Gasteiger partial charge in [0.2, 0.25) is 5.13 Å². The maximum absolute atomic E-state index is 13.1. The third kappa shape index (κ3) is 4.82. The SMILES string of the molecule is COc1cnc(Cl)cc1-c1cc(C)ncc1C(=O)Nc1nnc(OC2CCCC2OC)s1. The van der Waals surface area contributed by atoms with Crippen LogP contribution in [0.3, 0.4) is 0 Å². The standard InChI is InChI=1S/C21H22ClN5O4S/c1-11-7-12(13-8-18(22)24-10-17(13)30-3)14(9-23-11)19(28)25-20-26-27-21(32-20)31-16-6-4-5-15(16)29-2/h7-10,15-16H,4-6H2,1-3H3,(H,25,26,28). The van der Waals surface area contributed by atoms with E-state index in [9.17, 15) is 4.79 Å². The molecule has 1 N–H and O–H groups in total. The summed E-state index contributed by atoms with van der Waals surface area (Å²) in [6.45, 7) is 1.84. The Balaban J connectivity index is 1.56. The van der Waals surface area contributed by atoms with Gasteiger partial charge in [0, 0.05) is 30.1 Å². The highest BCUT2D eigenvalue weighted by molar-refractivity contribution is 7.17. The normalized spacial score (nSPS) is 17.9. The molecule has 11 heteroatoms. The average molecular weight is 476 g/mol. The van der Waals surface area contributed by atoms with Crippen molar-refractivity contribution in [3.05, 3.63) is 40.9 Å². The molecule has 9 nitrogen and oxygen atoms in total. The van der Waals surface area contributed by atoms with Crippen LogP contribution in [-0.4, -0.2) is 52.5 Å². The second-order valence-corrected chi connectivity index (χ2v) is 8.59. The summed E-state index contributed by atoms with van der Waals surface area (Å²) >= 11 is 7.26. The van der Waals surface area contributed by atoms with Crippen molar-refractivity contribution in [1.29, 1.82) is 0 Å². The Kier molecular flexibility index (Phi) is 6.83. The van der Waals surface area contributed by atoms with E-state index in [1.165, 1.54) is 19.5 Å². The third-order valence-electron chi connectivity index (χ3n) is 5.20. The lowest BCUT2D eigenvalue weighted by Crippen LogP contribution is -2.27. The number of rotatable bonds is 7. The molecule has 1 amide bonds. The Bertz CT molecular complexity index is 1130. The van der Waals surface area contributed by atoms with Gasteiger partial charge in [-0.05, 0) is 49.7 Å². The molecule has 0 aromatic carbocycles. The molecule has 2 unspecified atom stereocenters. The molecule has 4 rings (SSSR count). The van der Waals surface area contributed by atoms with Crippen LogP contribution in [0.2, 0.25) is 5.15 Å². The molecule has 2 atom stereocenters. The van der Waals surface area contributed by atoms with Crippen LogP contribution in [0.1, 0.15) is 35.3 Å². The predicted molar refractivity (Wildman–Crippen MR) is 121 cm³/mol. The molecule has 1 fully saturated rings. The van der Waals surface area contributed by atoms with Crippen molar-refractivity contribution in [2.75, 3.05) is 19.5 Å². The van der Waals surface area contributed by atoms with Crippen molar-refractivity contribution in [1.82, 2.24) is 20.2 Å². The summed E-state index contributed by atoms with van der Waals surface area (Å²) in [5.74, 6) is 0.103. The van der Waals surface area contributed by atoms with Crippen molar-refractivity contribution < 1.29 is 19.0 Å². The highest BCUT2D eigenvalue weighted by atomic mass is 35.5. The van der Waals surface area contributed by atoms with Crippen molar-refractivity contribution in [3.63, 3.8) is 0 Å². The first-order valence-corrected chi connectivity index (χ1v) is 11.2. The van der Waals surface area contributed by atoms with Gasteiger partial charge in [0.05, 0.1) is 25.0 Å². The first kappa shape index (κ1) is 22.4. The van der Waals surface area contributed by atoms with Gasteiger partial charge >= 0.3 is 0 Å². The van der Waals surface area contributed by atoms with E-state index in [4.69, 9.17) is 25.8 Å². The molecule has 168 valence electrons. The zero-order valence-corrected chi connectivity index (χ0v) is 19.4. The molecule has 3 aromatic rings. The molecule has 0 radical (unpaired) electrons. The number of aryl methyl sites for hydroxylation is 1. The topological polar surface area (TPSA) is 108 Å². The lowest BCUT2D eigenvalue weighted by molar-refractivity contribution is 0.0225. The van der Waals surface area contributed by atoms with Crippen molar-refractivity contribution in [3.8, 4) is 22.1 Å². The number of aromatic nitrogens is 4. The van der Waals surface area contributed by atoms with Gasteiger partial charge in [0.25, 0.3) is 11.1 Å². The molecule has 3 heterocycles. The summed E-state index contributed by atoms with van der Waals surface area (Å²) in [7, 11) is 3.21. The van der Waals surface area contributed by atoms with Crippen LogP contribution in [0.5, 0.6) is 10.9 Å². The van der Waals surface area contributed by atoms with Gasteiger partial charge in [-0.1, -0.05) is 16.7 Å². The summed E-state index contributed by atoms with van der Waals surface area (Å²) < 4.78 is 16.8. The summed E-state index contributed by atoms with van der Waals surface area (Å²) in [6.07, 6.45) is 5.89. The lowest BCUT2D eigenvalue weighted by atomic mass is 10.0. The van der Waals surface area contributed by atoms with Gasteiger partial charge in [-0.15, -0.1) is 5.10 Å². The van der Waals surface area contributed by atoms with Crippen molar-refractivity contribution >= 4 is 34.0 Å². The van der Waals surface area contributed by atoms with Gasteiger partial charge in [0.15, 0.2) is 0 Å². The lowest BCUT2D eigenvalue weighted by Gasteiger charge is -2.17. The molecule has 1 aliphatic carbocycles. The summed E-state index contributed by atoms with van der Waals surface area (Å²) in [6, 6.07) is 3.44. The third-order valence-corrected chi connectivity index (χ3v) is 6.14. The number of hydrogen-bond acceptors (Lipinski definition) is 9. The Morgan fingerprint density at radius 2 is 1.94 bits per heavy atom. The second kappa shape index (κ2) is 9.76. The van der Waals surface area contributed by atoms with Gasteiger partial charge in [-0.2, -0.15) is 0 Å². The molecule has 1 saturated carbocycles. The number of halogens is 1. The predicted octanol–water partition coefficient (Wildman–Crippen LogP) is 4.16. The van der Waals surface area contributed by atoms with E-state index in [1.54, 1.807) is 19.2 Å². The summed E-state index contributed by atoms with van der Waals surface area (Å²) in [4.78, 5) is 21.4. The number of carbonyl (C=O) groups is 1. The number of methoxy groups -OCH3 is 2. The number of hydrogen-bond donors (Lipinski definition) is 1. The van der Waals surface area contributed by atoms with Crippen molar-refractivity contribution in [2.45, 2.75) is 38.4 Å². The number of nitrogens with one attached hydrogen (secondary N) is 1. The molecular weight excluding hydrogens is 454 g/mol. The largest absolute Gasteiger partial charge is 0.494 e. The molecular formula is C21H22ClN5O4S. The van der Waals surface area contributed by atoms with Crippen LogP contribution < -0.4 is 14.8 Å². The van der Waals surface area contributed by atoms with Gasteiger partial charge in [-0.3, -0.25) is 15.1 Å². The Morgan fingerprint density at radius 3 is 2.72 bits per heavy atom. The minimum atomic E-state index is -0.388. The van der Waals surface area contributed by atoms with E-state index >= 15 is 0 Å². The Morgan fingerprint density at radius 1 is 1.12 bits per heavy atom. The molecule has 3 aromatic heterocycles. The zero-order valence-electron chi connectivity index (χ0n) is 17.8. The number of ether oxygens (including phenoxy) is 3. The van der Waals surface area contributed by atoms with Crippen molar-refractivity contribution in [2.24, 2.45) is 0 Å². The van der Waals surface area contributed by atoms with Crippen LogP contribution in [0, 0.1) is 6.92 Å². The minimum Gasteiger partial charge on any atom is -0.494 e. The van der Waals surface area contributed by atoms with Gasteiger partial charge < -0.3 is 14.2 Å². The molecule has 1 aliphatic rings. The summed E-state index contributed by atoms with van der Waals surface area (Å²) in [5.41, 5.74) is 2.33. The number of carbonyl (C=O) groups excluding carboxylic acids is 1. The van der Waals surface area contributed by atoms with E-state index in [0.717, 1.165) is 36.3 Å². The van der Waals surface area contributed by atoms with E-state index in [1.807, 2.05) is 6.92 Å². The van der Waals surface area contributed by atoms with Gasteiger partial charge in [0.1, 0.15) is 17.0 Å². The highest BCUT2D eigenvalue weighted by Gasteiger charge is 2.30. The van der Waals surface area contributed by atoms with E-state index in [-0.39, 0.29) is 23.3 Å². The monoisotopic (exact) mass is 475 g/mol. The smallest absolute Gasteiger partial charge is 0.296 e. The zero-order chi connectivity index (χ0) is 22.7. The quantitative estimate of drug-likeness (QED) is 0.507. The maximum atomic E-state index is 13.1.